The molecule has 2 rings (SSSR count). The minimum absolute atomic E-state index is 0.406. The molecule has 0 radical (unpaired) electrons. The third-order valence-corrected chi connectivity index (χ3v) is 2.72. The number of carbonyl (C=O) groups excluding carboxylic acids is 1. The van der Waals surface area contributed by atoms with Gasteiger partial charge in [0.1, 0.15) is 11.4 Å². The Morgan fingerprint density at radius 1 is 1.11 bits per heavy atom. The molecule has 0 aliphatic carbocycles. The predicted molar refractivity (Wildman–Crippen MR) is 69.9 cm³/mol. The van der Waals surface area contributed by atoms with Crippen molar-refractivity contribution in [2.75, 3.05) is 14.2 Å². The van der Waals surface area contributed by atoms with Crippen LogP contribution in [0.4, 0.5) is 0 Å². The summed E-state index contributed by atoms with van der Waals surface area (Å²) in [5.41, 5.74) is 0.481. The van der Waals surface area contributed by atoms with E-state index < -0.39 is 5.97 Å². The highest BCUT2D eigenvalue weighted by molar-refractivity contribution is 5.89. The molecule has 1 aromatic heterocycles. The smallest absolute Gasteiger partial charge is 0.360 e. The summed E-state index contributed by atoms with van der Waals surface area (Å²) in [4.78, 5) is 11.9. The number of esters is 1. The van der Waals surface area contributed by atoms with Gasteiger partial charge in [0.15, 0.2) is 11.5 Å². The molecule has 5 heteroatoms. The summed E-state index contributed by atoms with van der Waals surface area (Å²) >= 11 is 0. The van der Waals surface area contributed by atoms with E-state index in [1.807, 2.05) is 0 Å². The number of carbonyl (C=O) groups is 1. The maximum atomic E-state index is 11.9. The summed E-state index contributed by atoms with van der Waals surface area (Å²) in [7, 11) is 4.86. The number of methoxy groups -OCH3 is 2. The normalized spacial score (nSPS) is 10.1. The summed E-state index contributed by atoms with van der Waals surface area (Å²) in [5.74, 6) is 1.09. The van der Waals surface area contributed by atoms with Gasteiger partial charge >= 0.3 is 5.97 Å². The van der Waals surface area contributed by atoms with Crippen LogP contribution in [0.5, 0.6) is 17.2 Å². The first-order valence-corrected chi connectivity index (χ1v) is 5.71. The summed E-state index contributed by atoms with van der Waals surface area (Å²) in [6.07, 6.45) is 1.78. The topological polar surface area (TPSA) is 49.7 Å². The number of rotatable bonds is 4. The van der Waals surface area contributed by atoms with E-state index in [0.717, 1.165) is 0 Å². The predicted octanol–water partition coefficient (Wildman–Crippen LogP) is 2.26. The fourth-order valence-corrected chi connectivity index (χ4v) is 1.71. The van der Waals surface area contributed by atoms with Gasteiger partial charge < -0.3 is 18.8 Å². The minimum atomic E-state index is -0.417. The molecule has 0 aliphatic rings. The quantitative estimate of drug-likeness (QED) is 0.625. The summed E-state index contributed by atoms with van der Waals surface area (Å²) in [6, 6.07) is 8.43. The number of nitrogens with zero attached hydrogens (tertiary/aromatic N) is 1. The summed E-state index contributed by atoms with van der Waals surface area (Å²) in [6.45, 7) is 0. The van der Waals surface area contributed by atoms with Crippen LogP contribution in [0.2, 0.25) is 0 Å². The van der Waals surface area contributed by atoms with E-state index in [0.29, 0.717) is 22.9 Å². The van der Waals surface area contributed by atoms with Crippen LogP contribution in [0.3, 0.4) is 0 Å². The molecule has 0 atom stereocenters. The van der Waals surface area contributed by atoms with Crippen molar-refractivity contribution in [3.05, 3.63) is 42.2 Å². The number of hydrogen-bond acceptors (Lipinski definition) is 4. The van der Waals surface area contributed by atoms with Gasteiger partial charge in [0.2, 0.25) is 0 Å². The number of ether oxygens (including phenoxy) is 3. The van der Waals surface area contributed by atoms with Crippen molar-refractivity contribution in [1.29, 1.82) is 0 Å². The highest BCUT2D eigenvalue weighted by Crippen LogP contribution is 2.31. The standard InChI is InChI=1S/C14H15NO4/c1-15-8-4-5-11(15)14(16)19-10-6-7-12(17-2)13(9-10)18-3/h4-9H,1-3H3. The van der Waals surface area contributed by atoms with Crippen LogP contribution in [0.15, 0.2) is 36.5 Å². The molecule has 0 spiro atoms. The fourth-order valence-electron chi connectivity index (χ4n) is 1.71. The molecular formula is C14H15NO4. The molecular weight excluding hydrogens is 246 g/mol. The van der Waals surface area contributed by atoms with Gasteiger partial charge in [0.25, 0.3) is 0 Å². The molecule has 100 valence electrons. The van der Waals surface area contributed by atoms with Crippen LogP contribution in [0.25, 0.3) is 0 Å². The van der Waals surface area contributed by atoms with E-state index in [1.165, 1.54) is 7.11 Å². The SMILES string of the molecule is COc1ccc(OC(=O)c2cccn2C)cc1OC. The Balaban J connectivity index is 2.20. The van der Waals surface area contributed by atoms with Gasteiger partial charge in [0, 0.05) is 19.3 Å². The van der Waals surface area contributed by atoms with Crippen molar-refractivity contribution in [1.82, 2.24) is 4.57 Å². The van der Waals surface area contributed by atoms with Crippen molar-refractivity contribution in [3.63, 3.8) is 0 Å². The second kappa shape index (κ2) is 5.48. The van der Waals surface area contributed by atoms with Crippen LogP contribution in [0, 0.1) is 0 Å². The van der Waals surface area contributed by atoms with Gasteiger partial charge in [-0.25, -0.2) is 4.79 Å². The molecule has 0 aliphatic heterocycles. The van der Waals surface area contributed by atoms with Gasteiger partial charge in [-0.1, -0.05) is 0 Å². The van der Waals surface area contributed by atoms with E-state index >= 15 is 0 Å². The van der Waals surface area contributed by atoms with Crippen LogP contribution in [-0.2, 0) is 7.05 Å². The second-order valence-corrected chi connectivity index (χ2v) is 3.91. The molecule has 0 amide bonds. The first-order chi connectivity index (χ1) is 9.15. The lowest BCUT2D eigenvalue weighted by atomic mass is 10.3. The summed E-state index contributed by atoms with van der Waals surface area (Å²) < 4.78 is 17.3. The maximum absolute atomic E-state index is 11.9. The number of aromatic nitrogens is 1. The van der Waals surface area contributed by atoms with Gasteiger partial charge in [-0.05, 0) is 24.3 Å². The Labute approximate surface area is 111 Å². The first kappa shape index (κ1) is 13.0. The van der Waals surface area contributed by atoms with E-state index in [2.05, 4.69) is 0 Å². The lowest BCUT2D eigenvalue weighted by Gasteiger charge is -2.10. The monoisotopic (exact) mass is 261 g/mol. The number of aryl methyl sites for hydroxylation is 1. The van der Waals surface area contributed by atoms with Crippen LogP contribution < -0.4 is 14.2 Å². The van der Waals surface area contributed by atoms with Gasteiger partial charge in [-0.3, -0.25) is 0 Å². The molecule has 0 fully saturated rings. The molecule has 0 saturated carbocycles. The Hall–Kier alpha value is -2.43. The highest BCUT2D eigenvalue weighted by Gasteiger charge is 2.13. The molecule has 2 aromatic rings. The Morgan fingerprint density at radius 3 is 2.42 bits per heavy atom. The molecule has 1 heterocycles. The fraction of sp³-hybridized carbons (Fsp3) is 0.214. The zero-order chi connectivity index (χ0) is 13.8. The number of hydrogen-bond donors (Lipinski definition) is 0. The average molecular weight is 261 g/mol. The second-order valence-electron chi connectivity index (χ2n) is 3.91. The Morgan fingerprint density at radius 2 is 1.84 bits per heavy atom. The zero-order valence-corrected chi connectivity index (χ0v) is 11.0. The van der Waals surface area contributed by atoms with Crippen LogP contribution in [-0.4, -0.2) is 24.8 Å². The lowest BCUT2D eigenvalue weighted by molar-refractivity contribution is 0.0724. The molecule has 0 bridgehead atoms. The molecule has 0 unspecified atom stereocenters. The van der Waals surface area contributed by atoms with Crippen molar-refractivity contribution in [3.8, 4) is 17.2 Å². The van der Waals surface area contributed by atoms with Gasteiger partial charge in [-0.2, -0.15) is 0 Å². The van der Waals surface area contributed by atoms with E-state index in [-0.39, 0.29) is 0 Å². The minimum Gasteiger partial charge on any atom is -0.493 e. The maximum Gasteiger partial charge on any atom is 0.360 e. The lowest BCUT2D eigenvalue weighted by Crippen LogP contribution is -2.12. The van der Waals surface area contributed by atoms with Crippen molar-refractivity contribution in [2.45, 2.75) is 0 Å². The van der Waals surface area contributed by atoms with Crippen molar-refractivity contribution in [2.24, 2.45) is 7.05 Å². The van der Waals surface area contributed by atoms with Crippen molar-refractivity contribution >= 4 is 5.97 Å². The first-order valence-electron chi connectivity index (χ1n) is 5.71. The molecule has 0 N–H and O–H groups in total. The molecule has 1 aromatic carbocycles. The van der Waals surface area contributed by atoms with Crippen LogP contribution in [0.1, 0.15) is 10.5 Å². The molecule has 5 nitrogen and oxygen atoms in total. The number of benzene rings is 1. The molecule has 19 heavy (non-hydrogen) atoms. The van der Waals surface area contributed by atoms with E-state index in [4.69, 9.17) is 14.2 Å². The highest BCUT2D eigenvalue weighted by atomic mass is 16.5. The van der Waals surface area contributed by atoms with Gasteiger partial charge in [0.05, 0.1) is 14.2 Å². The van der Waals surface area contributed by atoms with Crippen molar-refractivity contribution < 1.29 is 19.0 Å². The Bertz CT molecular complexity index is 589. The van der Waals surface area contributed by atoms with Crippen LogP contribution >= 0.6 is 0 Å². The third kappa shape index (κ3) is 2.70. The Kier molecular flexibility index (Phi) is 3.75. The largest absolute Gasteiger partial charge is 0.493 e. The average Bonchev–Trinajstić information content (AvgIpc) is 2.85. The third-order valence-electron chi connectivity index (χ3n) is 2.72. The molecule has 0 saturated heterocycles. The van der Waals surface area contributed by atoms with E-state index in [9.17, 15) is 4.79 Å². The van der Waals surface area contributed by atoms with E-state index in [1.54, 1.807) is 55.3 Å². The van der Waals surface area contributed by atoms with Gasteiger partial charge in [-0.15, -0.1) is 0 Å². The zero-order valence-electron chi connectivity index (χ0n) is 11.0. The summed E-state index contributed by atoms with van der Waals surface area (Å²) in [5, 5.41) is 0.